The number of benzene rings is 1. The third-order valence-corrected chi connectivity index (χ3v) is 3.06. The van der Waals surface area contributed by atoms with E-state index in [4.69, 9.17) is 33.0 Å². The van der Waals surface area contributed by atoms with Gasteiger partial charge in [-0.3, -0.25) is 4.79 Å². The van der Waals surface area contributed by atoms with Gasteiger partial charge in [0.2, 0.25) is 0 Å². The summed E-state index contributed by atoms with van der Waals surface area (Å²) in [5.41, 5.74) is 0.406. The number of halogens is 2. The first kappa shape index (κ1) is 15.1. The van der Waals surface area contributed by atoms with Crippen molar-refractivity contribution in [2.75, 3.05) is 5.32 Å². The largest absolute Gasteiger partial charge is 0.360 e. The van der Waals surface area contributed by atoms with Crippen molar-refractivity contribution in [1.82, 2.24) is 5.16 Å². The summed E-state index contributed by atoms with van der Waals surface area (Å²) in [7, 11) is 0. The molecule has 0 saturated carbocycles. The van der Waals surface area contributed by atoms with Crippen LogP contribution in [-0.4, -0.2) is 11.1 Å². The Morgan fingerprint density at radius 2 is 2.19 bits per heavy atom. The Morgan fingerprint density at radius 3 is 2.76 bits per heavy atom. The maximum atomic E-state index is 12.0. The van der Waals surface area contributed by atoms with Crippen LogP contribution in [0.25, 0.3) is 6.08 Å². The van der Waals surface area contributed by atoms with Crippen molar-refractivity contribution in [2.24, 2.45) is 0 Å². The number of nitrogens with one attached hydrogen (secondary N) is 1. The lowest BCUT2D eigenvalue weighted by atomic mass is 10.1. The van der Waals surface area contributed by atoms with E-state index < -0.39 is 5.91 Å². The molecular weight excluding hydrogens is 313 g/mol. The van der Waals surface area contributed by atoms with Crippen LogP contribution in [0, 0.1) is 18.3 Å². The first-order valence-electron chi connectivity index (χ1n) is 5.81. The van der Waals surface area contributed by atoms with E-state index in [1.54, 1.807) is 25.1 Å². The highest BCUT2D eigenvalue weighted by molar-refractivity contribution is 6.35. The van der Waals surface area contributed by atoms with Crippen molar-refractivity contribution in [1.29, 1.82) is 5.26 Å². The Labute approximate surface area is 130 Å². The quantitative estimate of drug-likeness (QED) is 0.688. The fraction of sp³-hybridized carbons (Fsp3) is 0.0714. The minimum absolute atomic E-state index is 0.111. The fourth-order valence-corrected chi connectivity index (χ4v) is 1.99. The van der Waals surface area contributed by atoms with Gasteiger partial charge in [-0.25, -0.2) is 0 Å². The summed E-state index contributed by atoms with van der Waals surface area (Å²) in [6, 6.07) is 8.13. The highest BCUT2D eigenvalue weighted by Gasteiger charge is 2.12. The molecule has 0 unspecified atom stereocenters. The SMILES string of the molecule is Cc1cc(NC(=O)/C(C#N)=C/c2ccc(Cl)cc2Cl)no1. The number of nitrogens with zero attached hydrogens (tertiary/aromatic N) is 2. The molecule has 7 heteroatoms. The predicted molar refractivity (Wildman–Crippen MR) is 79.9 cm³/mol. The number of hydrogen-bond donors (Lipinski definition) is 1. The van der Waals surface area contributed by atoms with Gasteiger partial charge in [0.1, 0.15) is 17.4 Å². The predicted octanol–water partition coefficient (Wildman–Crippen LogP) is 3.84. The van der Waals surface area contributed by atoms with Gasteiger partial charge >= 0.3 is 0 Å². The summed E-state index contributed by atoms with van der Waals surface area (Å²) in [6.07, 6.45) is 1.38. The van der Waals surface area contributed by atoms with Gasteiger partial charge in [0.25, 0.3) is 5.91 Å². The van der Waals surface area contributed by atoms with Crippen molar-refractivity contribution in [3.05, 3.63) is 51.2 Å². The first-order chi connectivity index (χ1) is 9.99. The van der Waals surface area contributed by atoms with Crippen molar-refractivity contribution in [3.8, 4) is 6.07 Å². The Bertz CT molecular complexity index is 760. The van der Waals surface area contributed by atoms with Crippen molar-refractivity contribution >= 4 is 41.0 Å². The molecule has 2 rings (SSSR count). The van der Waals surface area contributed by atoms with E-state index in [0.717, 1.165) is 0 Å². The lowest BCUT2D eigenvalue weighted by Crippen LogP contribution is -2.13. The minimum Gasteiger partial charge on any atom is -0.360 e. The second-order valence-corrected chi connectivity index (χ2v) is 4.96. The molecule has 0 radical (unpaired) electrons. The van der Waals surface area contributed by atoms with E-state index in [2.05, 4.69) is 10.5 Å². The zero-order chi connectivity index (χ0) is 15.4. The molecule has 0 saturated heterocycles. The van der Waals surface area contributed by atoms with Crippen molar-refractivity contribution < 1.29 is 9.32 Å². The minimum atomic E-state index is -0.600. The van der Waals surface area contributed by atoms with Crippen LogP contribution >= 0.6 is 23.2 Å². The molecule has 1 amide bonds. The molecule has 106 valence electrons. The third-order valence-electron chi connectivity index (χ3n) is 2.50. The number of rotatable bonds is 3. The maximum absolute atomic E-state index is 12.0. The molecule has 0 atom stereocenters. The van der Waals surface area contributed by atoms with E-state index in [1.807, 2.05) is 6.07 Å². The van der Waals surface area contributed by atoms with E-state index in [9.17, 15) is 4.79 Å². The Hall–Kier alpha value is -2.29. The molecule has 0 bridgehead atoms. The van der Waals surface area contributed by atoms with Gasteiger partial charge in [0, 0.05) is 16.1 Å². The van der Waals surface area contributed by atoms with E-state index in [-0.39, 0.29) is 11.4 Å². The lowest BCUT2D eigenvalue weighted by molar-refractivity contribution is -0.112. The maximum Gasteiger partial charge on any atom is 0.267 e. The standard InChI is InChI=1S/C14H9Cl2N3O2/c1-8-4-13(19-21-8)18-14(20)10(7-17)5-9-2-3-11(15)6-12(9)16/h2-6H,1H3,(H,18,19,20)/b10-5+. The van der Waals surface area contributed by atoms with Crippen LogP contribution in [0.2, 0.25) is 10.0 Å². The first-order valence-corrected chi connectivity index (χ1v) is 6.56. The topological polar surface area (TPSA) is 78.9 Å². The number of anilines is 1. The highest BCUT2D eigenvalue weighted by Crippen LogP contribution is 2.23. The molecule has 1 N–H and O–H groups in total. The van der Waals surface area contributed by atoms with Gasteiger partial charge in [0.05, 0.1) is 0 Å². The molecule has 1 aromatic carbocycles. The van der Waals surface area contributed by atoms with E-state index >= 15 is 0 Å². The van der Waals surface area contributed by atoms with Gasteiger partial charge in [-0.05, 0) is 30.7 Å². The Morgan fingerprint density at radius 1 is 1.43 bits per heavy atom. The van der Waals surface area contributed by atoms with Crippen LogP contribution in [0.15, 0.2) is 34.4 Å². The number of aryl methyl sites for hydroxylation is 1. The smallest absolute Gasteiger partial charge is 0.267 e. The number of carbonyl (C=O) groups excluding carboxylic acids is 1. The zero-order valence-corrected chi connectivity index (χ0v) is 12.4. The number of carbonyl (C=O) groups is 1. The van der Waals surface area contributed by atoms with E-state index in [1.165, 1.54) is 12.1 Å². The number of hydrogen-bond acceptors (Lipinski definition) is 4. The van der Waals surface area contributed by atoms with E-state index in [0.29, 0.717) is 21.4 Å². The monoisotopic (exact) mass is 321 g/mol. The summed E-state index contributed by atoms with van der Waals surface area (Å²) >= 11 is 11.8. The van der Waals surface area contributed by atoms with Crippen LogP contribution in [0.4, 0.5) is 5.82 Å². The molecule has 0 spiro atoms. The second-order valence-electron chi connectivity index (χ2n) is 4.11. The molecule has 0 aliphatic rings. The number of amides is 1. The van der Waals surface area contributed by atoms with Crippen LogP contribution in [-0.2, 0) is 4.79 Å². The summed E-state index contributed by atoms with van der Waals surface area (Å²) in [5.74, 6) is 0.186. The van der Waals surface area contributed by atoms with Crippen LogP contribution in [0.5, 0.6) is 0 Å². The van der Waals surface area contributed by atoms with Crippen LogP contribution < -0.4 is 5.32 Å². The average Bonchev–Trinajstić information content (AvgIpc) is 2.83. The highest BCUT2D eigenvalue weighted by atomic mass is 35.5. The van der Waals surface area contributed by atoms with Crippen molar-refractivity contribution in [3.63, 3.8) is 0 Å². The third kappa shape index (κ3) is 3.85. The molecule has 21 heavy (non-hydrogen) atoms. The normalized spacial score (nSPS) is 11.0. The Balaban J connectivity index is 2.24. The second kappa shape index (κ2) is 6.44. The van der Waals surface area contributed by atoms with Crippen LogP contribution in [0.3, 0.4) is 0 Å². The fourth-order valence-electron chi connectivity index (χ4n) is 1.53. The molecule has 2 aromatic rings. The van der Waals surface area contributed by atoms with Crippen LogP contribution in [0.1, 0.15) is 11.3 Å². The van der Waals surface area contributed by atoms with Gasteiger partial charge in [-0.2, -0.15) is 5.26 Å². The molecule has 5 nitrogen and oxygen atoms in total. The summed E-state index contributed by atoms with van der Waals surface area (Å²) in [6.45, 7) is 1.69. The molecule has 1 heterocycles. The molecule has 0 aliphatic carbocycles. The molecule has 0 aliphatic heterocycles. The molecule has 1 aromatic heterocycles. The number of aromatic nitrogens is 1. The summed E-state index contributed by atoms with van der Waals surface area (Å²) in [4.78, 5) is 12.0. The summed E-state index contributed by atoms with van der Waals surface area (Å²) < 4.78 is 4.83. The Kier molecular flexibility index (Phi) is 4.63. The van der Waals surface area contributed by atoms with Gasteiger partial charge < -0.3 is 9.84 Å². The summed E-state index contributed by atoms with van der Waals surface area (Å²) in [5, 5.41) is 16.0. The van der Waals surface area contributed by atoms with Gasteiger partial charge in [0.15, 0.2) is 5.82 Å². The molecule has 0 fully saturated rings. The van der Waals surface area contributed by atoms with Gasteiger partial charge in [-0.1, -0.05) is 34.4 Å². The van der Waals surface area contributed by atoms with Crippen molar-refractivity contribution in [2.45, 2.75) is 6.92 Å². The average molecular weight is 322 g/mol. The number of nitriles is 1. The lowest BCUT2D eigenvalue weighted by Gasteiger charge is -2.02. The molecular formula is C14H9Cl2N3O2. The zero-order valence-electron chi connectivity index (χ0n) is 10.9. The van der Waals surface area contributed by atoms with Gasteiger partial charge in [-0.15, -0.1) is 0 Å².